The second-order valence-corrected chi connectivity index (χ2v) is 5.13. The average Bonchev–Trinajstić information content (AvgIpc) is 2.78. The van der Waals surface area contributed by atoms with E-state index in [1.165, 1.54) is 0 Å². The van der Waals surface area contributed by atoms with Crippen LogP contribution in [0.3, 0.4) is 0 Å². The Balaban J connectivity index is 0.00000200. The van der Waals surface area contributed by atoms with E-state index in [4.69, 9.17) is 5.73 Å². The van der Waals surface area contributed by atoms with Crippen LogP contribution in [0.2, 0.25) is 0 Å². The minimum absolute atomic E-state index is 0. The Labute approximate surface area is 136 Å². The van der Waals surface area contributed by atoms with Crippen molar-refractivity contribution in [1.29, 1.82) is 0 Å². The number of H-pyrrole nitrogens is 1. The molecule has 0 aliphatic heterocycles. The van der Waals surface area contributed by atoms with E-state index in [-0.39, 0.29) is 24.0 Å². The average molecular weight is 387 g/mol. The Morgan fingerprint density at radius 1 is 1.45 bits per heavy atom. The molecule has 0 saturated carbocycles. The zero-order valence-corrected chi connectivity index (χ0v) is 14.4. The van der Waals surface area contributed by atoms with Crippen LogP contribution in [0, 0.1) is 12.8 Å². The molecule has 110 valence electrons. The number of rotatable bonds is 4. The summed E-state index contributed by atoms with van der Waals surface area (Å²) in [4.78, 5) is 12.1. The lowest BCUT2D eigenvalue weighted by Crippen LogP contribution is -2.34. The van der Waals surface area contributed by atoms with Gasteiger partial charge in [-0.05, 0) is 24.5 Å². The zero-order valence-electron chi connectivity index (χ0n) is 12.1. The zero-order chi connectivity index (χ0) is 13.8. The summed E-state index contributed by atoms with van der Waals surface area (Å²) in [6.07, 6.45) is 0. The number of para-hydroxylation sites is 1. The summed E-state index contributed by atoms with van der Waals surface area (Å²) in [7, 11) is 0. The predicted octanol–water partition coefficient (Wildman–Crippen LogP) is 2.55. The molecular weight excluding hydrogens is 365 g/mol. The molecule has 0 bridgehead atoms. The molecule has 0 fully saturated rings. The topological polar surface area (TPSA) is 79.1 Å². The number of nitrogens with two attached hydrogens (primary N) is 1. The van der Waals surface area contributed by atoms with Crippen LogP contribution in [0.1, 0.15) is 25.2 Å². The summed E-state index contributed by atoms with van der Waals surface area (Å²) in [6, 6.07) is 6.08. The maximum atomic E-state index is 5.79. The number of halogens is 1. The number of imidazole rings is 1. The molecule has 2 rings (SSSR count). The van der Waals surface area contributed by atoms with Crippen molar-refractivity contribution in [2.24, 2.45) is 16.6 Å². The smallest absolute Gasteiger partial charge is 0.189 e. The van der Waals surface area contributed by atoms with Crippen LogP contribution in [0.4, 0.5) is 0 Å². The third-order valence-corrected chi connectivity index (χ3v) is 2.85. The van der Waals surface area contributed by atoms with E-state index < -0.39 is 0 Å². The minimum atomic E-state index is 0. The molecule has 1 aromatic carbocycles. The minimum Gasteiger partial charge on any atom is -0.370 e. The van der Waals surface area contributed by atoms with Gasteiger partial charge in [0.2, 0.25) is 0 Å². The van der Waals surface area contributed by atoms with Gasteiger partial charge in [-0.3, -0.25) is 0 Å². The highest BCUT2D eigenvalue weighted by molar-refractivity contribution is 14.0. The molecule has 0 aliphatic carbocycles. The molecule has 5 nitrogen and oxygen atoms in total. The number of aryl methyl sites for hydroxylation is 1. The molecular formula is C14H22IN5. The predicted molar refractivity (Wildman–Crippen MR) is 94.4 cm³/mol. The lowest BCUT2D eigenvalue weighted by Gasteiger charge is -2.07. The van der Waals surface area contributed by atoms with E-state index >= 15 is 0 Å². The van der Waals surface area contributed by atoms with Crippen LogP contribution in [-0.4, -0.2) is 22.5 Å². The number of guanidine groups is 1. The van der Waals surface area contributed by atoms with Gasteiger partial charge in [-0.2, -0.15) is 0 Å². The summed E-state index contributed by atoms with van der Waals surface area (Å²) in [5.74, 6) is 1.84. The summed E-state index contributed by atoms with van der Waals surface area (Å²) >= 11 is 0. The highest BCUT2D eigenvalue weighted by Gasteiger charge is 2.04. The van der Waals surface area contributed by atoms with Gasteiger partial charge in [0, 0.05) is 6.54 Å². The van der Waals surface area contributed by atoms with Crippen molar-refractivity contribution in [2.75, 3.05) is 6.54 Å². The van der Waals surface area contributed by atoms with E-state index in [2.05, 4.69) is 47.1 Å². The second kappa shape index (κ2) is 7.47. The van der Waals surface area contributed by atoms with E-state index in [1.807, 2.05) is 12.1 Å². The third-order valence-electron chi connectivity index (χ3n) is 2.85. The van der Waals surface area contributed by atoms with Crippen molar-refractivity contribution in [3.05, 3.63) is 29.6 Å². The van der Waals surface area contributed by atoms with Gasteiger partial charge in [0.25, 0.3) is 0 Å². The number of aromatic amines is 1. The standard InChI is InChI=1S/C14H21N5.HI/c1-9(2)7-16-14(15)17-8-12-18-11-6-4-5-10(3)13(11)19-12;/h4-6,9H,7-8H2,1-3H3,(H,18,19)(H3,15,16,17);1H. The molecule has 0 spiro atoms. The summed E-state index contributed by atoms with van der Waals surface area (Å²) in [5, 5.41) is 3.08. The molecule has 0 radical (unpaired) electrons. The first-order valence-electron chi connectivity index (χ1n) is 6.54. The molecule has 0 saturated heterocycles. The van der Waals surface area contributed by atoms with Gasteiger partial charge < -0.3 is 16.0 Å². The van der Waals surface area contributed by atoms with Gasteiger partial charge in [0.1, 0.15) is 12.4 Å². The Kier molecular flexibility index (Phi) is 6.25. The number of hydrogen-bond donors (Lipinski definition) is 3. The van der Waals surface area contributed by atoms with Gasteiger partial charge >= 0.3 is 0 Å². The Morgan fingerprint density at radius 2 is 2.20 bits per heavy atom. The monoisotopic (exact) mass is 387 g/mol. The molecule has 0 unspecified atom stereocenters. The summed E-state index contributed by atoms with van der Waals surface area (Å²) in [6.45, 7) is 7.60. The summed E-state index contributed by atoms with van der Waals surface area (Å²) in [5.41, 5.74) is 9.00. The normalized spacial score (nSPS) is 11.7. The van der Waals surface area contributed by atoms with Crippen molar-refractivity contribution < 1.29 is 0 Å². The quantitative estimate of drug-likeness (QED) is 0.429. The number of hydrogen-bond acceptors (Lipinski definition) is 2. The molecule has 4 N–H and O–H groups in total. The van der Waals surface area contributed by atoms with Crippen molar-refractivity contribution in [2.45, 2.75) is 27.3 Å². The first-order chi connectivity index (χ1) is 9.06. The molecule has 0 atom stereocenters. The molecule has 6 heteroatoms. The van der Waals surface area contributed by atoms with E-state index in [0.29, 0.717) is 18.4 Å². The molecule has 20 heavy (non-hydrogen) atoms. The lowest BCUT2D eigenvalue weighted by atomic mass is 10.2. The van der Waals surface area contributed by atoms with E-state index in [1.54, 1.807) is 0 Å². The van der Waals surface area contributed by atoms with Crippen molar-refractivity contribution >= 4 is 41.0 Å². The Bertz CT molecular complexity index is 588. The van der Waals surface area contributed by atoms with Gasteiger partial charge in [-0.15, -0.1) is 24.0 Å². The third kappa shape index (κ3) is 4.36. The van der Waals surface area contributed by atoms with Crippen LogP contribution in [-0.2, 0) is 6.54 Å². The van der Waals surface area contributed by atoms with Gasteiger partial charge in [-0.25, -0.2) is 9.98 Å². The van der Waals surface area contributed by atoms with Gasteiger partial charge in [0.05, 0.1) is 11.0 Å². The van der Waals surface area contributed by atoms with Crippen molar-refractivity contribution in [3.8, 4) is 0 Å². The van der Waals surface area contributed by atoms with Crippen LogP contribution >= 0.6 is 24.0 Å². The van der Waals surface area contributed by atoms with Gasteiger partial charge in [-0.1, -0.05) is 26.0 Å². The van der Waals surface area contributed by atoms with Crippen LogP contribution < -0.4 is 11.1 Å². The number of nitrogens with zero attached hydrogens (tertiary/aromatic N) is 2. The second-order valence-electron chi connectivity index (χ2n) is 5.13. The van der Waals surface area contributed by atoms with Crippen molar-refractivity contribution in [1.82, 2.24) is 15.3 Å². The van der Waals surface area contributed by atoms with Crippen LogP contribution in [0.5, 0.6) is 0 Å². The molecule has 1 heterocycles. The number of aliphatic imine (C=N–C) groups is 1. The molecule has 0 aliphatic rings. The summed E-state index contributed by atoms with van der Waals surface area (Å²) < 4.78 is 0. The number of aromatic nitrogens is 2. The fourth-order valence-corrected chi connectivity index (χ4v) is 1.83. The highest BCUT2D eigenvalue weighted by atomic mass is 127. The number of nitrogens with one attached hydrogen (secondary N) is 2. The largest absolute Gasteiger partial charge is 0.370 e. The molecule has 0 amide bonds. The SMILES string of the molecule is Cc1cccc2[nH]c(CN=C(N)NCC(C)C)nc12.I. The first kappa shape index (κ1) is 16.7. The van der Waals surface area contributed by atoms with Gasteiger partial charge in [0.15, 0.2) is 5.96 Å². The lowest BCUT2D eigenvalue weighted by molar-refractivity contribution is 0.621. The van der Waals surface area contributed by atoms with Crippen LogP contribution in [0.25, 0.3) is 11.0 Å². The Hall–Kier alpha value is -1.31. The number of fused-ring (bicyclic) bond motifs is 1. The highest BCUT2D eigenvalue weighted by Crippen LogP contribution is 2.15. The maximum absolute atomic E-state index is 5.79. The fourth-order valence-electron chi connectivity index (χ4n) is 1.83. The molecule has 1 aromatic heterocycles. The van der Waals surface area contributed by atoms with E-state index in [9.17, 15) is 0 Å². The number of benzene rings is 1. The van der Waals surface area contributed by atoms with Crippen molar-refractivity contribution in [3.63, 3.8) is 0 Å². The maximum Gasteiger partial charge on any atom is 0.189 e. The molecule has 2 aromatic rings. The Morgan fingerprint density at radius 3 is 2.85 bits per heavy atom. The van der Waals surface area contributed by atoms with Crippen LogP contribution in [0.15, 0.2) is 23.2 Å². The van der Waals surface area contributed by atoms with E-state index in [0.717, 1.165) is 29.0 Å². The fraction of sp³-hybridized carbons (Fsp3) is 0.429. The first-order valence-corrected chi connectivity index (χ1v) is 6.54.